The second kappa shape index (κ2) is 5.50. The lowest BCUT2D eigenvalue weighted by molar-refractivity contribution is 0.940. The smallest absolute Gasteiger partial charge is 0.0690 e. The minimum atomic E-state index is 1.16. The van der Waals surface area contributed by atoms with E-state index in [9.17, 15) is 0 Å². The molecule has 1 aromatic heterocycles. The number of fused-ring (bicyclic) bond motifs is 1. The van der Waals surface area contributed by atoms with Crippen molar-refractivity contribution in [2.24, 2.45) is 0 Å². The molecule has 2 N–H and O–H groups in total. The van der Waals surface area contributed by atoms with Crippen molar-refractivity contribution in [3.05, 3.63) is 60.6 Å². The maximum absolute atomic E-state index is 3.42. The molecule has 80 valence electrons. The molecule has 3 rings (SSSR count). The summed E-state index contributed by atoms with van der Waals surface area (Å²) in [4.78, 5) is 0. The van der Waals surface area contributed by atoms with Gasteiger partial charge >= 0.3 is 0 Å². The Morgan fingerprint density at radius 1 is 1.06 bits per heavy atom. The number of aromatic amines is 1. The molecule has 0 aliphatic carbocycles. The van der Waals surface area contributed by atoms with Crippen LogP contribution in [0.1, 0.15) is 5.56 Å². The van der Waals surface area contributed by atoms with Gasteiger partial charge in [-0.1, -0.05) is 35.6 Å². The Morgan fingerprint density at radius 3 is 2.75 bits per heavy atom. The van der Waals surface area contributed by atoms with Gasteiger partial charge in [0.1, 0.15) is 0 Å². The molecule has 1 aromatic carbocycles. The molecular formula is C12H12N4. The zero-order chi connectivity index (χ0) is 11.1. The van der Waals surface area contributed by atoms with Crippen LogP contribution in [0.2, 0.25) is 0 Å². The molecule has 0 saturated heterocycles. The van der Waals surface area contributed by atoms with E-state index in [1.807, 2.05) is 30.5 Å². The molecule has 2 heterocycles. The van der Waals surface area contributed by atoms with Gasteiger partial charge in [0.15, 0.2) is 0 Å². The first kappa shape index (κ1) is 10.2. The van der Waals surface area contributed by atoms with Crippen molar-refractivity contribution in [3.63, 3.8) is 0 Å². The normalized spacial score (nSPS) is 11.8. The van der Waals surface area contributed by atoms with Crippen molar-refractivity contribution in [3.8, 4) is 0 Å². The third-order valence-corrected chi connectivity index (χ3v) is 2.01. The predicted octanol–water partition coefficient (Wildman–Crippen LogP) is 2.44. The van der Waals surface area contributed by atoms with Crippen molar-refractivity contribution in [2.45, 2.75) is 0 Å². The third-order valence-electron chi connectivity index (χ3n) is 2.01. The van der Waals surface area contributed by atoms with E-state index in [0.29, 0.717) is 0 Å². The topological polar surface area (TPSA) is 53.6 Å². The lowest BCUT2D eigenvalue weighted by atomic mass is 10.2. The van der Waals surface area contributed by atoms with Crippen LogP contribution in [0.4, 0.5) is 5.69 Å². The van der Waals surface area contributed by atoms with E-state index in [-0.39, 0.29) is 0 Å². The zero-order valence-electron chi connectivity index (χ0n) is 8.67. The average Bonchev–Trinajstić information content (AvgIpc) is 2.81. The van der Waals surface area contributed by atoms with Crippen LogP contribution in [0.3, 0.4) is 0 Å². The molecule has 4 heteroatoms. The summed E-state index contributed by atoms with van der Waals surface area (Å²) in [5.74, 6) is 0. The van der Waals surface area contributed by atoms with E-state index in [1.54, 1.807) is 12.4 Å². The molecule has 0 fully saturated rings. The van der Waals surface area contributed by atoms with Crippen LogP contribution in [0.25, 0.3) is 6.08 Å². The van der Waals surface area contributed by atoms with Gasteiger partial charge in [0.05, 0.1) is 6.20 Å². The molecule has 0 saturated carbocycles. The number of anilines is 1. The lowest BCUT2D eigenvalue weighted by Gasteiger charge is -2.01. The summed E-state index contributed by atoms with van der Waals surface area (Å²) in [7, 11) is 0. The van der Waals surface area contributed by atoms with Crippen LogP contribution in [0.15, 0.2) is 55.0 Å². The Hall–Kier alpha value is -2.36. The fraction of sp³-hybridized carbons (Fsp3) is 0. The molecule has 16 heavy (non-hydrogen) atoms. The van der Waals surface area contributed by atoms with Gasteiger partial charge in [0, 0.05) is 18.1 Å². The van der Waals surface area contributed by atoms with Gasteiger partial charge in [-0.05, 0) is 17.7 Å². The fourth-order valence-corrected chi connectivity index (χ4v) is 1.29. The minimum Gasteiger partial charge on any atom is -0.361 e. The van der Waals surface area contributed by atoms with E-state index >= 15 is 0 Å². The van der Waals surface area contributed by atoms with Crippen molar-refractivity contribution >= 4 is 11.8 Å². The summed E-state index contributed by atoms with van der Waals surface area (Å²) in [5, 5.41) is 12.4. The first-order valence-electron chi connectivity index (χ1n) is 4.96. The maximum Gasteiger partial charge on any atom is 0.0690 e. The highest BCUT2D eigenvalue weighted by molar-refractivity contribution is 5.69. The highest BCUT2D eigenvalue weighted by atomic mass is 15.3. The van der Waals surface area contributed by atoms with Gasteiger partial charge in [0.25, 0.3) is 0 Å². The van der Waals surface area contributed by atoms with Crippen LogP contribution < -0.4 is 5.32 Å². The number of allylic oxidation sites excluding steroid dienone is 2. The van der Waals surface area contributed by atoms with Crippen molar-refractivity contribution in [1.29, 1.82) is 0 Å². The van der Waals surface area contributed by atoms with Gasteiger partial charge < -0.3 is 5.32 Å². The number of H-pyrrole nitrogens is 1. The highest BCUT2D eigenvalue weighted by Gasteiger charge is 1.95. The number of nitrogens with zero attached hydrogens (tertiary/aromatic N) is 2. The number of hydrogen-bond acceptors (Lipinski definition) is 3. The molecule has 0 atom stereocenters. The maximum atomic E-state index is 3.42. The van der Waals surface area contributed by atoms with Crippen LogP contribution in [0, 0.1) is 0 Å². The van der Waals surface area contributed by atoms with E-state index in [4.69, 9.17) is 0 Å². The Balaban J connectivity index is 0.000000162. The van der Waals surface area contributed by atoms with Crippen molar-refractivity contribution < 1.29 is 0 Å². The molecule has 0 bridgehead atoms. The monoisotopic (exact) mass is 212 g/mol. The Labute approximate surface area is 93.7 Å². The average molecular weight is 212 g/mol. The summed E-state index contributed by atoms with van der Waals surface area (Å²) in [6.45, 7) is 0. The molecule has 4 nitrogen and oxygen atoms in total. The lowest BCUT2D eigenvalue weighted by Crippen LogP contribution is -1.87. The van der Waals surface area contributed by atoms with E-state index in [0.717, 1.165) is 5.69 Å². The van der Waals surface area contributed by atoms with Gasteiger partial charge in [-0.25, -0.2) is 0 Å². The first-order chi connectivity index (χ1) is 7.97. The van der Waals surface area contributed by atoms with Gasteiger partial charge in [0.2, 0.25) is 0 Å². The molecule has 1 aliphatic rings. The number of nitrogens with one attached hydrogen (secondary N) is 2. The fourth-order valence-electron chi connectivity index (χ4n) is 1.29. The van der Waals surface area contributed by atoms with Crippen molar-refractivity contribution in [2.75, 3.05) is 5.32 Å². The van der Waals surface area contributed by atoms with Gasteiger partial charge in [-0.3, -0.25) is 5.10 Å². The summed E-state index contributed by atoms with van der Waals surface area (Å²) in [6, 6.07) is 8.22. The summed E-state index contributed by atoms with van der Waals surface area (Å²) in [5.41, 5.74) is 2.40. The first-order valence-corrected chi connectivity index (χ1v) is 4.96. The molecule has 2 aromatic rings. The SMILES string of the molecule is C1=CNc2ccccc2C=C1.c1c[nH]nn1. The van der Waals surface area contributed by atoms with Crippen LogP contribution >= 0.6 is 0 Å². The van der Waals surface area contributed by atoms with Crippen molar-refractivity contribution in [1.82, 2.24) is 15.4 Å². The predicted molar refractivity (Wildman–Crippen MR) is 64.6 cm³/mol. The molecule has 0 radical (unpaired) electrons. The standard InChI is InChI=1S/C10H9N.C2H3N3/c1-2-7-10-9(5-1)6-3-4-8-11-10;1-2-4-5-3-1/h1-8,11H;1-2H,(H,3,4,5). The largest absolute Gasteiger partial charge is 0.361 e. The molecule has 0 spiro atoms. The van der Waals surface area contributed by atoms with E-state index in [2.05, 4.69) is 38.9 Å². The number of aromatic nitrogens is 3. The summed E-state index contributed by atoms with van der Waals surface area (Å²) < 4.78 is 0. The molecule has 0 unspecified atom stereocenters. The number of hydrogen-bond donors (Lipinski definition) is 2. The number of para-hydroxylation sites is 1. The molecule has 0 amide bonds. The Bertz CT molecular complexity index is 454. The second-order valence-electron chi connectivity index (χ2n) is 3.11. The Kier molecular flexibility index (Phi) is 3.50. The van der Waals surface area contributed by atoms with Crippen LogP contribution in [0.5, 0.6) is 0 Å². The second-order valence-corrected chi connectivity index (χ2v) is 3.11. The van der Waals surface area contributed by atoms with Crippen LogP contribution in [-0.4, -0.2) is 15.4 Å². The van der Waals surface area contributed by atoms with Crippen LogP contribution in [-0.2, 0) is 0 Å². The molecule has 1 aliphatic heterocycles. The highest BCUT2D eigenvalue weighted by Crippen LogP contribution is 2.18. The summed E-state index contributed by atoms with van der Waals surface area (Å²) >= 11 is 0. The van der Waals surface area contributed by atoms with E-state index < -0.39 is 0 Å². The molecular weight excluding hydrogens is 200 g/mol. The Morgan fingerprint density at radius 2 is 2.00 bits per heavy atom. The zero-order valence-corrected chi connectivity index (χ0v) is 8.67. The van der Waals surface area contributed by atoms with Gasteiger partial charge in [-0.2, -0.15) is 0 Å². The number of benzene rings is 1. The minimum absolute atomic E-state index is 1.16. The number of rotatable bonds is 0. The summed E-state index contributed by atoms with van der Waals surface area (Å²) in [6.07, 6.45) is 11.3. The van der Waals surface area contributed by atoms with Gasteiger partial charge in [-0.15, -0.1) is 5.10 Å². The quantitative estimate of drug-likeness (QED) is 0.705. The van der Waals surface area contributed by atoms with E-state index in [1.165, 1.54) is 5.56 Å². The third kappa shape index (κ3) is 2.81.